The maximum absolute atomic E-state index is 13.0. The molecule has 0 saturated carbocycles. The molecule has 0 atom stereocenters. The standard InChI is InChI=1S/C14H10ClF4NO2/c1-21-13-7-9(16)3-4-11(13)20-22-12-5-2-8(6-10(12)15)14(17,18)19/h2-7,20H,1H3. The van der Waals surface area contributed by atoms with E-state index in [-0.39, 0.29) is 16.5 Å². The van der Waals surface area contributed by atoms with E-state index in [4.69, 9.17) is 21.2 Å². The van der Waals surface area contributed by atoms with Crippen LogP contribution in [0.15, 0.2) is 36.4 Å². The largest absolute Gasteiger partial charge is 0.494 e. The van der Waals surface area contributed by atoms with Gasteiger partial charge in [0.05, 0.1) is 17.7 Å². The van der Waals surface area contributed by atoms with Crippen LogP contribution in [0.4, 0.5) is 23.2 Å². The highest BCUT2D eigenvalue weighted by Gasteiger charge is 2.31. The minimum Gasteiger partial charge on any atom is -0.494 e. The van der Waals surface area contributed by atoms with E-state index in [2.05, 4.69) is 5.48 Å². The van der Waals surface area contributed by atoms with Gasteiger partial charge in [0.15, 0.2) is 5.75 Å². The van der Waals surface area contributed by atoms with Gasteiger partial charge in [-0.25, -0.2) is 9.87 Å². The highest BCUT2D eigenvalue weighted by atomic mass is 35.5. The maximum atomic E-state index is 13.0. The van der Waals surface area contributed by atoms with Crippen molar-refractivity contribution in [1.82, 2.24) is 0 Å². The molecule has 0 bridgehead atoms. The van der Waals surface area contributed by atoms with Crippen molar-refractivity contribution >= 4 is 17.3 Å². The van der Waals surface area contributed by atoms with Crippen LogP contribution in [-0.2, 0) is 6.18 Å². The van der Waals surface area contributed by atoms with Gasteiger partial charge in [0.1, 0.15) is 17.3 Å². The van der Waals surface area contributed by atoms with Crippen molar-refractivity contribution in [2.75, 3.05) is 12.6 Å². The Hall–Kier alpha value is -2.15. The second-order valence-corrected chi connectivity index (χ2v) is 4.60. The second-order valence-electron chi connectivity index (χ2n) is 4.19. The van der Waals surface area contributed by atoms with Crippen LogP contribution in [-0.4, -0.2) is 7.11 Å². The normalized spacial score (nSPS) is 11.2. The molecule has 0 fully saturated rings. The molecule has 2 rings (SSSR count). The first-order valence-electron chi connectivity index (χ1n) is 5.94. The lowest BCUT2D eigenvalue weighted by atomic mass is 10.2. The van der Waals surface area contributed by atoms with Crippen molar-refractivity contribution < 1.29 is 27.1 Å². The third-order valence-corrected chi connectivity index (χ3v) is 2.99. The van der Waals surface area contributed by atoms with Crippen molar-refractivity contribution in [2.24, 2.45) is 0 Å². The molecule has 0 aliphatic carbocycles. The summed E-state index contributed by atoms with van der Waals surface area (Å²) in [5.74, 6) is -0.348. The molecule has 0 amide bonds. The Morgan fingerprint density at radius 1 is 1.05 bits per heavy atom. The lowest BCUT2D eigenvalue weighted by Gasteiger charge is -2.14. The molecule has 0 aliphatic rings. The van der Waals surface area contributed by atoms with Crippen LogP contribution < -0.4 is 15.1 Å². The number of alkyl halides is 3. The van der Waals surface area contributed by atoms with Crippen molar-refractivity contribution in [3.63, 3.8) is 0 Å². The zero-order valence-electron chi connectivity index (χ0n) is 11.2. The SMILES string of the molecule is COc1cc(F)ccc1NOc1ccc(C(F)(F)F)cc1Cl. The Morgan fingerprint density at radius 2 is 1.77 bits per heavy atom. The minimum absolute atomic E-state index is 0.0129. The molecule has 22 heavy (non-hydrogen) atoms. The molecule has 3 nitrogen and oxygen atoms in total. The molecular formula is C14H10ClF4NO2. The summed E-state index contributed by atoms with van der Waals surface area (Å²) in [4.78, 5) is 5.12. The van der Waals surface area contributed by atoms with E-state index in [1.807, 2.05) is 0 Å². The van der Waals surface area contributed by atoms with E-state index in [1.165, 1.54) is 19.2 Å². The third kappa shape index (κ3) is 3.73. The summed E-state index contributed by atoms with van der Waals surface area (Å²) in [5, 5.41) is -0.219. The quantitative estimate of drug-likeness (QED) is 0.636. The highest BCUT2D eigenvalue weighted by molar-refractivity contribution is 6.32. The minimum atomic E-state index is -4.49. The van der Waals surface area contributed by atoms with Gasteiger partial charge in [-0.2, -0.15) is 13.2 Å². The average Bonchev–Trinajstić information content (AvgIpc) is 2.45. The number of ether oxygens (including phenoxy) is 1. The van der Waals surface area contributed by atoms with Gasteiger partial charge in [-0.05, 0) is 30.3 Å². The smallest absolute Gasteiger partial charge is 0.416 e. The summed E-state index contributed by atoms with van der Waals surface area (Å²) in [6.45, 7) is 0. The first kappa shape index (κ1) is 16.2. The van der Waals surface area contributed by atoms with Gasteiger partial charge in [-0.3, -0.25) is 0 Å². The fourth-order valence-corrected chi connectivity index (χ4v) is 1.84. The molecule has 0 radical (unpaired) electrons. The number of hydrogen-bond donors (Lipinski definition) is 1. The molecule has 0 aliphatic heterocycles. The first-order valence-corrected chi connectivity index (χ1v) is 6.32. The van der Waals surface area contributed by atoms with E-state index >= 15 is 0 Å². The molecule has 1 N–H and O–H groups in total. The Bertz CT molecular complexity index is 676. The third-order valence-electron chi connectivity index (χ3n) is 2.69. The van der Waals surface area contributed by atoms with Crippen LogP contribution in [0, 0.1) is 5.82 Å². The van der Waals surface area contributed by atoms with Crippen LogP contribution in [0.5, 0.6) is 11.5 Å². The summed E-state index contributed by atoms with van der Waals surface area (Å²) in [5.41, 5.74) is 1.86. The lowest BCUT2D eigenvalue weighted by molar-refractivity contribution is -0.137. The van der Waals surface area contributed by atoms with E-state index in [0.717, 1.165) is 24.3 Å². The molecule has 0 saturated heterocycles. The Labute approximate surface area is 128 Å². The highest BCUT2D eigenvalue weighted by Crippen LogP contribution is 2.35. The molecule has 0 heterocycles. The summed E-state index contributed by atoms with van der Waals surface area (Å²) in [7, 11) is 1.34. The van der Waals surface area contributed by atoms with Crippen LogP contribution >= 0.6 is 11.6 Å². The molecule has 118 valence electrons. The van der Waals surface area contributed by atoms with Gasteiger partial charge in [-0.1, -0.05) is 11.6 Å². The molecule has 2 aromatic rings. The molecule has 8 heteroatoms. The number of benzene rings is 2. The Kier molecular flexibility index (Phi) is 4.65. The summed E-state index contributed by atoms with van der Waals surface area (Å²) < 4.78 is 55.5. The van der Waals surface area contributed by atoms with Crippen LogP contribution in [0.1, 0.15) is 5.56 Å². The second kappa shape index (κ2) is 6.31. The predicted octanol–water partition coefficient (Wildman–Crippen LogP) is 4.91. The van der Waals surface area contributed by atoms with Crippen LogP contribution in [0.3, 0.4) is 0 Å². The van der Waals surface area contributed by atoms with E-state index in [0.29, 0.717) is 5.69 Å². The lowest BCUT2D eigenvalue weighted by Crippen LogP contribution is -2.08. The number of methoxy groups -OCH3 is 1. The van der Waals surface area contributed by atoms with Crippen molar-refractivity contribution in [2.45, 2.75) is 6.18 Å². The summed E-state index contributed by atoms with van der Waals surface area (Å²) in [6.07, 6.45) is -4.49. The number of anilines is 1. The van der Waals surface area contributed by atoms with Gasteiger partial charge in [-0.15, -0.1) is 0 Å². The number of nitrogens with one attached hydrogen (secondary N) is 1. The fourth-order valence-electron chi connectivity index (χ4n) is 1.62. The van der Waals surface area contributed by atoms with Gasteiger partial charge in [0.2, 0.25) is 0 Å². The van der Waals surface area contributed by atoms with Gasteiger partial charge in [0.25, 0.3) is 0 Å². The first-order chi connectivity index (χ1) is 10.3. The molecule has 2 aromatic carbocycles. The van der Waals surface area contributed by atoms with Crippen molar-refractivity contribution in [3.05, 3.63) is 52.8 Å². The zero-order valence-corrected chi connectivity index (χ0v) is 11.9. The van der Waals surface area contributed by atoms with E-state index < -0.39 is 17.6 Å². The summed E-state index contributed by atoms with van der Waals surface area (Å²) >= 11 is 5.74. The topological polar surface area (TPSA) is 30.5 Å². The summed E-state index contributed by atoms with van der Waals surface area (Å²) in [6, 6.07) is 6.31. The van der Waals surface area contributed by atoms with Crippen LogP contribution in [0.25, 0.3) is 0 Å². The molecule has 0 aromatic heterocycles. The monoisotopic (exact) mass is 335 g/mol. The average molecular weight is 336 g/mol. The number of halogens is 5. The molecule has 0 spiro atoms. The van der Waals surface area contributed by atoms with Gasteiger partial charge in [0, 0.05) is 6.07 Å². The Balaban J connectivity index is 2.15. The van der Waals surface area contributed by atoms with Crippen LogP contribution in [0.2, 0.25) is 5.02 Å². The Morgan fingerprint density at radius 3 is 2.36 bits per heavy atom. The molecule has 0 unspecified atom stereocenters. The van der Waals surface area contributed by atoms with Crippen molar-refractivity contribution in [1.29, 1.82) is 0 Å². The van der Waals surface area contributed by atoms with E-state index in [1.54, 1.807) is 0 Å². The van der Waals surface area contributed by atoms with Crippen molar-refractivity contribution in [3.8, 4) is 11.5 Å². The van der Waals surface area contributed by atoms with Gasteiger partial charge < -0.3 is 9.57 Å². The fraction of sp³-hybridized carbons (Fsp3) is 0.143. The van der Waals surface area contributed by atoms with Gasteiger partial charge >= 0.3 is 6.18 Å². The molecular weight excluding hydrogens is 326 g/mol. The predicted molar refractivity (Wildman–Crippen MR) is 73.7 cm³/mol. The van der Waals surface area contributed by atoms with E-state index in [9.17, 15) is 17.6 Å². The zero-order chi connectivity index (χ0) is 16.3. The number of rotatable bonds is 4. The number of hydrogen-bond acceptors (Lipinski definition) is 3. The maximum Gasteiger partial charge on any atom is 0.416 e.